The van der Waals surface area contributed by atoms with E-state index in [0.29, 0.717) is 6.54 Å². The van der Waals surface area contributed by atoms with Crippen LogP contribution in [0.25, 0.3) is 0 Å². The van der Waals surface area contributed by atoms with Gasteiger partial charge in [0.15, 0.2) is 0 Å². The fourth-order valence-corrected chi connectivity index (χ4v) is 2.30. The second-order valence-electron chi connectivity index (χ2n) is 8.81. The Balaban J connectivity index is 4.75. The maximum Gasteiger partial charge on any atom is 0.306 e. The van der Waals surface area contributed by atoms with E-state index >= 15 is 0 Å². The number of likely N-dealkylation sites (N-methyl/N-ethyl adjacent to an activating group) is 1. The SMILES string of the molecule is CCNC(=O)C(CCC(=O)OC(C)(C)C)NC(=O)[C@@H](N)CCC(=O)OC(C)(C)C. The van der Waals surface area contributed by atoms with Crippen LogP contribution in [0.1, 0.15) is 74.1 Å². The number of hydrogen-bond acceptors (Lipinski definition) is 7. The first-order chi connectivity index (χ1) is 13.1. The molecule has 0 aliphatic heterocycles. The molecule has 2 amide bonds. The van der Waals surface area contributed by atoms with Crippen molar-refractivity contribution in [3.8, 4) is 0 Å². The zero-order valence-corrected chi connectivity index (χ0v) is 18.7. The van der Waals surface area contributed by atoms with Gasteiger partial charge < -0.3 is 25.8 Å². The minimum atomic E-state index is -0.985. The Morgan fingerprint density at radius 1 is 0.828 bits per heavy atom. The number of nitrogens with two attached hydrogens (primary N) is 1. The molecule has 0 aromatic rings. The molecule has 0 rings (SSSR count). The minimum absolute atomic E-state index is 0.0183. The van der Waals surface area contributed by atoms with Gasteiger partial charge >= 0.3 is 11.9 Å². The van der Waals surface area contributed by atoms with Gasteiger partial charge in [0.05, 0.1) is 6.04 Å². The highest BCUT2D eigenvalue weighted by molar-refractivity contribution is 5.90. The fourth-order valence-electron chi connectivity index (χ4n) is 2.30. The van der Waals surface area contributed by atoms with E-state index in [1.807, 2.05) is 0 Å². The summed E-state index contributed by atoms with van der Waals surface area (Å²) in [6.07, 6.45) is 0.0995. The molecule has 0 aliphatic carbocycles. The van der Waals surface area contributed by atoms with Crippen LogP contribution in [0, 0.1) is 0 Å². The molecule has 0 spiro atoms. The van der Waals surface area contributed by atoms with Crippen molar-refractivity contribution in [2.45, 2.75) is 97.4 Å². The number of amides is 2. The van der Waals surface area contributed by atoms with Crippen LogP contribution >= 0.6 is 0 Å². The largest absolute Gasteiger partial charge is 0.460 e. The molecule has 0 bridgehead atoms. The van der Waals surface area contributed by atoms with Gasteiger partial charge in [-0.1, -0.05) is 0 Å². The molecule has 0 aliphatic rings. The normalized spacial score (nSPS) is 13.8. The lowest BCUT2D eigenvalue weighted by atomic mass is 10.1. The number of hydrogen-bond donors (Lipinski definition) is 3. The number of esters is 2. The first-order valence-corrected chi connectivity index (χ1v) is 9.92. The van der Waals surface area contributed by atoms with E-state index in [1.165, 1.54) is 0 Å². The summed E-state index contributed by atoms with van der Waals surface area (Å²) in [5, 5.41) is 5.17. The Morgan fingerprint density at radius 2 is 1.28 bits per heavy atom. The van der Waals surface area contributed by atoms with Gasteiger partial charge in [-0.25, -0.2) is 0 Å². The van der Waals surface area contributed by atoms with Gasteiger partial charge in [0.1, 0.15) is 17.2 Å². The van der Waals surface area contributed by atoms with Gasteiger partial charge in [0.25, 0.3) is 0 Å². The Morgan fingerprint density at radius 3 is 1.69 bits per heavy atom. The van der Waals surface area contributed by atoms with E-state index in [1.54, 1.807) is 48.5 Å². The predicted molar refractivity (Wildman–Crippen MR) is 109 cm³/mol. The molecule has 0 radical (unpaired) electrons. The molecule has 2 atom stereocenters. The van der Waals surface area contributed by atoms with Crippen LogP contribution in [-0.2, 0) is 28.7 Å². The van der Waals surface area contributed by atoms with E-state index in [4.69, 9.17) is 15.2 Å². The molecule has 0 fully saturated rings. The van der Waals surface area contributed by atoms with Crippen LogP contribution in [0.5, 0.6) is 0 Å². The average molecular weight is 416 g/mol. The fraction of sp³-hybridized carbons (Fsp3) is 0.800. The third kappa shape index (κ3) is 13.6. The number of ether oxygens (including phenoxy) is 2. The maximum atomic E-state index is 12.3. The molecule has 4 N–H and O–H groups in total. The smallest absolute Gasteiger partial charge is 0.306 e. The van der Waals surface area contributed by atoms with Gasteiger partial charge in [0.2, 0.25) is 11.8 Å². The molecule has 0 aromatic heterocycles. The van der Waals surface area contributed by atoms with E-state index < -0.39 is 47.0 Å². The number of rotatable bonds is 10. The summed E-state index contributed by atoms with van der Waals surface area (Å²) in [6.45, 7) is 12.6. The Bertz CT molecular complexity index is 578. The highest BCUT2D eigenvalue weighted by Gasteiger charge is 2.26. The van der Waals surface area contributed by atoms with Crippen LogP contribution < -0.4 is 16.4 Å². The maximum absolute atomic E-state index is 12.3. The van der Waals surface area contributed by atoms with Gasteiger partial charge in [-0.15, -0.1) is 0 Å². The summed E-state index contributed by atoms with van der Waals surface area (Å²) in [4.78, 5) is 48.3. The highest BCUT2D eigenvalue weighted by Crippen LogP contribution is 2.11. The average Bonchev–Trinajstić information content (AvgIpc) is 2.53. The quantitative estimate of drug-likeness (QED) is 0.456. The second-order valence-corrected chi connectivity index (χ2v) is 8.81. The summed E-state index contributed by atoms with van der Waals surface area (Å²) in [5.41, 5.74) is 4.60. The number of carbonyl (C=O) groups is 4. The second kappa shape index (κ2) is 11.7. The van der Waals surface area contributed by atoms with E-state index in [-0.39, 0.29) is 25.7 Å². The van der Waals surface area contributed by atoms with Gasteiger partial charge in [-0.3, -0.25) is 19.2 Å². The van der Waals surface area contributed by atoms with Crippen LogP contribution in [0.2, 0.25) is 0 Å². The van der Waals surface area contributed by atoms with Crippen LogP contribution in [-0.4, -0.2) is 53.6 Å². The topological polar surface area (TPSA) is 137 Å². The minimum Gasteiger partial charge on any atom is -0.460 e. The predicted octanol–water partition coefficient (Wildman–Crippen LogP) is 1.18. The molecule has 0 aromatic carbocycles. The van der Waals surface area contributed by atoms with E-state index in [2.05, 4.69) is 10.6 Å². The third-order valence-electron chi connectivity index (χ3n) is 3.46. The van der Waals surface area contributed by atoms with Crippen molar-refractivity contribution in [3.05, 3.63) is 0 Å². The Hall–Kier alpha value is -2.16. The molecule has 9 nitrogen and oxygen atoms in total. The molecule has 1 unspecified atom stereocenters. The third-order valence-corrected chi connectivity index (χ3v) is 3.46. The molecule has 29 heavy (non-hydrogen) atoms. The molecular formula is C20H37N3O6. The van der Waals surface area contributed by atoms with Crippen molar-refractivity contribution < 1.29 is 28.7 Å². The van der Waals surface area contributed by atoms with Crippen LogP contribution in [0.3, 0.4) is 0 Å². The van der Waals surface area contributed by atoms with Gasteiger partial charge in [-0.2, -0.15) is 0 Å². The highest BCUT2D eigenvalue weighted by atomic mass is 16.6. The molecule has 0 saturated heterocycles. The zero-order chi connectivity index (χ0) is 22.8. The number of carbonyl (C=O) groups excluding carboxylic acids is 4. The summed E-state index contributed by atoms with van der Waals surface area (Å²) in [5.74, 6) is -1.90. The van der Waals surface area contributed by atoms with Crippen LogP contribution in [0.4, 0.5) is 0 Å². The summed E-state index contributed by atoms with van der Waals surface area (Å²) >= 11 is 0. The first-order valence-electron chi connectivity index (χ1n) is 9.92. The Labute approximate surface area is 173 Å². The number of nitrogens with one attached hydrogen (secondary N) is 2. The van der Waals surface area contributed by atoms with Crippen LogP contribution in [0.15, 0.2) is 0 Å². The molecular weight excluding hydrogens is 378 g/mol. The molecule has 168 valence electrons. The molecule has 0 heterocycles. The molecule has 9 heteroatoms. The summed E-state index contributed by atoms with van der Waals surface area (Å²) < 4.78 is 10.4. The van der Waals surface area contributed by atoms with Crippen molar-refractivity contribution in [2.24, 2.45) is 5.73 Å². The van der Waals surface area contributed by atoms with E-state index in [9.17, 15) is 19.2 Å². The zero-order valence-electron chi connectivity index (χ0n) is 18.7. The van der Waals surface area contributed by atoms with Crippen molar-refractivity contribution in [1.82, 2.24) is 10.6 Å². The first kappa shape index (κ1) is 26.8. The van der Waals surface area contributed by atoms with Crippen molar-refractivity contribution in [3.63, 3.8) is 0 Å². The van der Waals surface area contributed by atoms with Gasteiger partial charge in [0, 0.05) is 19.4 Å². The lowest BCUT2D eigenvalue weighted by molar-refractivity contribution is -0.156. The lowest BCUT2D eigenvalue weighted by Gasteiger charge is -2.23. The molecule has 0 saturated carbocycles. The summed E-state index contributed by atoms with van der Waals surface area (Å²) in [7, 11) is 0. The van der Waals surface area contributed by atoms with Crippen molar-refractivity contribution in [2.75, 3.05) is 6.54 Å². The Kier molecular flexibility index (Phi) is 10.9. The van der Waals surface area contributed by atoms with Gasteiger partial charge in [-0.05, 0) is 61.3 Å². The van der Waals surface area contributed by atoms with Crippen molar-refractivity contribution >= 4 is 23.8 Å². The van der Waals surface area contributed by atoms with E-state index in [0.717, 1.165) is 0 Å². The standard InChI is InChI=1S/C20H37N3O6/c1-8-22-18(27)14(10-12-16(25)29-20(5,6)7)23-17(26)13(21)9-11-15(24)28-19(2,3)4/h13-14H,8-12,21H2,1-7H3,(H,22,27)(H,23,26)/t13-,14?/m0/s1. The monoisotopic (exact) mass is 415 g/mol. The summed E-state index contributed by atoms with van der Waals surface area (Å²) in [6, 6.07) is -1.91. The lowest BCUT2D eigenvalue weighted by Crippen LogP contribution is -2.51. The van der Waals surface area contributed by atoms with Crippen molar-refractivity contribution in [1.29, 1.82) is 0 Å².